The molecule has 2 aromatic heterocycles. The van der Waals surface area contributed by atoms with E-state index in [4.69, 9.17) is 15.8 Å². The molecule has 3 aromatic rings. The molecule has 1 aliphatic carbocycles. The van der Waals surface area contributed by atoms with E-state index in [9.17, 15) is 41.5 Å². The van der Waals surface area contributed by atoms with Crippen molar-refractivity contribution in [1.29, 1.82) is 0 Å². The van der Waals surface area contributed by atoms with Crippen LogP contribution in [0.25, 0.3) is 16.7 Å². The number of aromatic nitrogens is 2. The zero-order valence-corrected chi connectivity index (χ0v) is 24.4. The number of carbonyl (C=O) groups is 3. The molecule has 6 N–H and O–H groups in total. The Bertz CT molecular complexity index is 2020. The number of anilines is 1. The highest BCUT2D eigenvalue weighted by atomic mass is 32.2. The fraction of sp³-hybridized carbons (Fsp3) is 0.370. The minimum Gasteiger partial charge on any atom is -0.477 e. The quantitative estimate of drug-likeness (QED) is 0.219. The third-order valence-electron chi connectivity index (χ3n) is 6.58. The minimum absolute atomic E-state index is 0.412. The molecule has 242 valence electrons. The van der Waals surface area contributed by atoms with E-state index in [-0.39, 0.29) is 0 Å². The second-order valence-electron chi connectivity index (χ2n) is 10.2. The van der Waals surface area contributed by atoms with Crippen LogP contribution in [0.2, 0.25) is 0 Å². The van der Waals surface area contributed by atoms with E-state index in [0.717, 1.165) is 16.7 Å². The fourth-order valence-corrected chi connectivity index (χ4v) is 4.35. The molecular weight excluding hydrogens is 625 g/mol. The molecule has 5 atom stereocenters. The van der Waals surface area contributed by atoms with Gasteiger partial charge in [0.2, 0.25) is 17.2 Å². The second kappa shape index (κ2) is 12.4. The molecule has 18 heteroatoms. The van der Waals surface area contributed by atoms with Crippen LogP contribution in [-0.4, -0.2) is 82.8 Å². The molecule has 1 unspecified atom stereocenters. The number of rotatable bonds is 7. The first kappa shape index (κ1) is 28.0. The molecule has 45 heavy (non-hydrogen) atoms. The summed E-state index contributed by atoms with van der Waals surface area (Å²) < 4.78 is 105. The van der Waals surface area contributed by atoms with Crippen LogP contribution < -0.4 is 26.7 Å². The first-order chi connectivity index (χ1) is 22.4. The molecule has 0 radical (unpaired) electrons. The maximum absolute atomic E-state index is 15.6. The van der Waals surface area contributed by atoms with Crippen molar-refractivity contribution in [2.75, 3.05) is 24.1 Å². The third kappa shape index (κ3) is 7.40. The predicted molar refractivity (Wildman–Crippen MR) is 154 cm³/mol. The number of carboxylic acids is 1. The summed E-state index contributed by atoms with van der Waals surface area (Å²) in [4.78, 5) is 53.6. The lowest BCUT2D eigenvalue weighted by molar-refractivity contribution is -0.129. The molecule has 2 amide bonds. The lowest BCUT2D eigenvalue weighted by Gasteiger charge is -2.23. The van der Waals surface area contributed by atoms with Crippen LogP contribution in [0.15, 0.2) is 35.3 Å². The van der Waals surface area contributed by atoms with Gasteiger partial charge in [-0.2, -0.15) is 8.42 Å². The number of nitrogens with two attached hydrogens (primary N) is 1. The maximum Gasteiger partial charge on any atom is 0.341 e. The van der Waals surface area contributed by atoms with E-state index in [1.54, 1.807) is 0 Å². The first-order valence-corrected chi connectivity index (χ1v) is 14.8. The summed E-state index contributed by atoms with van der Waals surface area (Å²) in [6.07, 6.45) is 1.41. The van der Waals surface area contributed by atoms with E-state index in [0.29, 0.717) is 29.5 Å². The van der Waals surface area contributed by atoms with Crippen LogP contribution in [0.3, 0.4) is 0 Å². The van der Waals surface area contributed by atoms with Crippen molar-refractivity contribution in [1.82, 2.24) is 20.2 Å². The Morgan fingerprint density at radius 1 is 1.11 bits per heavy atom. The number of aromatic carboxylic acids is 1. The topological polar surface area (TPSA) is 214 Å². The number of hydrogen-bond acceptors (Lipinski definition) is 9. The van der Waals surface area contributed by atoms with E-state index in [2.05, 4.69) is 15.6 Å². The molecule has 1 saturated heterocycles. The normalized spacial score (nSPS) is 23.6. The van der Waals surface area contributed by atoms with Gasteiger partial charge in [-0.25, -0.2) is 22.9 Å². The Morgan fingerprint density at radius 2 is 1.71 bits per heavy atom. The smallest absolute Gasteiger partial charge is 0.341 e. The number of hydrogen-bond donors (Lipinski definition) is 5. The Morgan fingerprint density at radius 3 is 2.24 bits per heavy atom. The Hall–Kier alpha value is -4.55. The van der Waals surface area contributed by atoms with Gasteiger partial charge in [-0.1, -0.05) is 0 Å². The van der Waals surface area contributed by atoms with Crippen molar-refractivity contribution in [3.63, 3.8) is 0 Å². The number of carboxylic acid groups (broad SMARTS) is 1. The lowest BCUT2D eigenvalue weighted by Crippen LogP contribution is -2.50. The Kier molecular flexibility index (Phi) is 7.73. The fourth-order valence-electron chi connectivity index (χ4n) is 4.35. The van der Waals surface area contributed by atoms with Crippen molar-refractivity contribution in [2.45, 2.75) is 32.0 Å². The van der Waals surface area contributed by atoms with Gasteiger partial charge in [0.05, 0.1) is 23.4 Å². The van der Waals surface area contributed by atoms with Gasteiger partial charge < -0.3 is 26.4 Å². The lowest BCUT2D eigenvalue weighted by atomic mass is 10.1. The van der Waals surface area contributed by atoms with E-state index in [1.807, 2.05) is 0 Å². The molecule has 1 saturated carbocycles. The van der Waals surface area contributed by atoms with Crippen LogP contribution in [0.4, 0.5) is 19.0 Å². The average molecular weight is 659 g/mol. The summed E-state index contributed by atoms with van der Waals surface area (Å²) in [5.41, 5.74) is 2.35. The summed E-state index contributed by atoms with van der Waals surface area (Å²) in [5, 5.41) is 13.8. The van der Waals surface area contributed by atoms with E-state index >= 15 is 4.39 Å². The number of amides is 2. The SMILES string of the molecule is CS(=O)(=O)O.[2H]C1([2H])[C@@H]2C(NC(=O)[C@H](C)NC(=O)[C@H](C)N)[C@@H]2C([2H])([2H])N1c1nc2c(cc1F)c(=O)c(C(=O)O)cn2-c1ccc(F)cc1F. The molecule has 5 rings (SSSR count). The number of pyridine rings is 2. The number of nitrogens with zero attached hydrogens (tertiary/aromatic N) is 3. The third-order valence-corrected chi connectivity index (χ3v) is 6.58. The Labute approximate surface area is 259 Å². The summed E-state index contributed by atoms with van der Waals surface area (Å²) in [7, 11) is -3.67. The molecular formula is C27H29F3N6O8S. The van der Waals surface area contributed by atoms with Crippen LogP contribution >= 0.6 is 0 Å². The molecule has 0 bridgehead atoms. The minimum atomic E-state index is -3.67. The number of piperidine rings is 1. The molecule has 3 heterocycles. The standard InChI is InChI=1S/C26H25F3N6O5.CH4O3S/c1-10(30)24(37)31-11(2)25(38)32-20-14-7-34(8-15(14)20)23-18(29)6-13-21(36)16(26(39)40)9-35(22(13)33-23)19-4-3-12(27)5-17(19)28;1-5(2,3)4/h3-6,9-11,14-15,20H,7-8,30H2,1-2H3,(H,31,37)(H,32,38)(H,39,40);1H3,(H,2,3,4)/t10-,11-,14-,15+,20?;/m0./s1/i7D2,8D2;. The number of halogens is 3. The summed E-state index contributed by atoms with van der Waals surface area (Å²) in [5.74, 6) is -9.96. The van der Waals surface area contributed by atoms with Gasteiger partial charge in [-0.05, 0) is 32.0 Å². The number of fused-ring (bicyclic) bond motifs is 2. The first-order valence-electron chi connectivity index (χ1n) is 14.9. The van der Waals surface area contributed by atoms with Gasteiger partial charge in [-0.3, -0.25) is 23.5 Å². The molecule has 14 nitrogen and oxygen atoms in total. The van der Waals surface area contributed by atoms with Crippen molar-refractivity contribution in [2.24, 2.45) is 17.6 Å². The van der Waals surface area contributed by atoms with Crippen molar-refractivity contribution < 1.29 is 51.1 Å². The second-order valence-corrected chi connectivity index (χ2v) is 11.7. The average Bonchev–Trinajstić information content (AvgIpc) is 3.65. The van der Waals surface area contributed by atoms with Crippen LogP contribution in [-0.2, 0) is 19.7 Å². The highest BCUT2D eigenvalue weighted by Gasteiger charge is 2.57. The van der Waals surface area contributed by atoms with Crippen LogP contribution in [0.5, 0.6) is 0 Å². The van der Waals surface area contributed by atoms with Crippen molar-refractivity contribution in [3.8, 4) is 5.69 Å². The van der Waals surface area contributed by atoms with Gasteiger partial charge >= 0.3 is 5.97 Å². The maximum atomic E-state index is 15.6. The zero-order valence-electron chi connectivity index (χ0n) is 27.6. The molecule has 2 fully saturated rings. The summed E-state index contributed by atoms with van der Waals surface area (Å²) in [6.45, 7) is -2.60. The zero-order chi connectivity index (χ0) is 37.1. The van der Waals surface area contributed by atoms with Gasteiger partial charge in [0, 0.05) is 48.6 Å². The van der Waals surface area contributed by atoms with Gasteiger partial charge in [0.15, 0.2) is 17.3 Å². The van der Waals surface area contributed by atoms with Crippen LogP contribution in [0.1, 0.15) is 29.7 Å². The predicted octanol–water partition coefficient (Wildman–Crippen LogP) is 0.408. The highest BCUT2D eigenvalue weighted by Crippen LogP contribution is 2.47. The van der Waals surface area contributed by atoms with Gasteiger partial charge in [-0.15, -0.1) is 0 Å². The summed E-state index contributed by atoms with van der Waals surface area (Å²) in [6, 6.07) is -0.253. The number of nitrogens with one attached hydrogen (secondary N) is 2. The largest absolute Gasteiger partial charge is 0.477 e. The van der Waals surface area contributed by atoms with Gasteiger partial charge in [0.25, 0.3) is 10.1 Å². The molecule has 1 aliphatic heterocycles. The van der Waals surface area contributed by atoms with Crippen LogP contribution in [0, 0.1) is 29.3 Å². The number of benzene rings is 1. The highest BCUT2D eigenvalue weighted by molar-refractivity contribution is 7.85. The molecule has 1 aromatic carbocycles. The monoisotopic (exact) mass is 658 g/mol. The van der Waals surface area contributed by atoms with E-state index < -0.39 is 122 Å². The summed E-state index contributed by atoms with van der Waals surface area (Å²) >= 11 is 0. The Balaban J connectivity index is 0.00000101. The number of carbonyl (C=O) groups excluding carboxylic acids is 2. The van der Waals surface area contributed by atoms with E-state index in [1.165, 1.54) is 13.8 Å². The van der Waals surface area contributed by atoms with Crippen molar-refractivity contribution in [3.05, 3.63) is 63.7 Å². The molecule has 0 spiro atoms. The molecule has 2 aliphatic rings. The van der Waals surface area contributed by atoms with Crippen molar-refractivity contribution >= 4 is 44.8 Å². The van der Waals surface area contributed by atoms with Gasteiger partial charge in [0.1, 0.15) is 23.2 Å².